The van der Waals surface area contributed by atoms with Crippen LogP contribution in [0.1, 0.15) is 29.6 Å². The van der Waals surface area contributed by atoms with Gasteiger partial charge in [-0.2, -0.15) is 0 Å². The Balaban J connectivity index is 1.68. The Morgan fingerprint density at radius 2 is 1.77 bits per heavy atom. The van der Waals surface area contributed by atoms with Crippen molar-refractivity contribution in [3.05, 3.63) is 60.2 Å². The van der Waals surface area contributed by atoms with Crippen molar-refractivity contribution in [1.29, 1.82) is 0 Å². The molecule has 2 aromatic rings. The number of nitrogens with one attached hydrogen (secondary N) is 1. The Kier molecular flexibility index (Phi) is 7.80. The number of aromatic carboxylic acids is 1. The fourth-order valence-corrected chi connectivity index (χ4v) is 4.19. The second-order valence-corrected chi connectivity index (χ2v) is 8.06. The molecule has 8 nitrogen and oxygen atoms in total. The number of aliphatic hydroxyl groups is 1. The topological polar surface area (TPSA) is 119 Å². The summed E-state index contributed by atoms with van der Waals surface area (Å²) in [7, 11) is 0. The standard InChI is InChI=1S/C22H23N3O5S/c26-13-5-4-12-25-20(28)18(31-22(25)24-16-6-2-1-3-7-16)14-19(27)23-17-10-8-15(9-11-17)21(29)30/h1-3,6-11,18,26H,4-5,12-14H2,(H,23,27)(H,29,30). The van der Waals surface area contributed by atoms with E-state index in [1.807, 2.05) is 30.3 Å². The van der Waals surface area contributed by atoms with Crippen LogP contribution in [0.4, 0.5) is 11.4 Å². The van der Waals surface area contributed by atoms with Crippen molar-refractivity contribution in [1.82, 2.24) is 4.90 Å². The van der Waals surface area contributed by atoms with Crippen LogP contribution in [-0.4, -0.2) is 56.5 Å². The van der Waals surface area contributed by atoms with Crippen LogP contribution in [-0.2, 0) is 9.59 Å². The van der Waals surface area contributed by atoms with Crippen molar-refractivity contribution in [2.75, 3.05) is 18.5 Å². The number of thioether (sulfide) groups is 1. The first-order valence-corrected chi connectivity index (χ1v) is 10.7. The quantitative estimate of drug-likeness (QED) is 0.515. The van der Waals surface area contributed by atoms with Gasteiger partial charge in [-0.15, -0.1) is 0 Å². The molecule has 0 radical (unpaired) electrons. The van der Waals surface area contributed by atoms with Crippen molar-refractivity contribution in [2.45, 2.75) is 24.5 Å². The first kappa shape index (κ1) is 22.5. The van der Waals surface area contributed by atoms with Gasteiger partial charge >= 0.3 is 5.97 Å². The molecule has 1 aliphatic rings. The Morgan fingerprint density at radius 1 is 1.06 bits per heavy atom. The summed E-state index contributed by atoms with van der Waals surface area (Å²) in [5.74, 6) is -1.57. The van der Waals surface area contributed by atoms with Crippen LogP contribution in [0.25, 0.3) is 0 Å². The predicted octanol–water partition coefficient (Wildman–Crippen LogP) is 3.12. The number of nitrogens with zero attached hydrogens (tertiary/aromatic N) is 2. The molecule has 1 saturated heterocycles. The van der Waals surface area contributed by atoms with Crippen LogP contribution in [0.15, 0.2) is 59.6 Å². The number of carbonyl (C=O) groups is 3. The molecule has 3 N–H and O–H groups in total. The van der Waals surface area contributed by atoms with Crippen LogP contribution < -0.4 is 5.32 Å². The van der Waals surface area contributed by atoms with Gasteiger partial charge in [-0.3, -0.25) is 14.5 Å². The largest absolute Gasteiger partial charge is 0.478 e. The minimum absolute atomic E-state index is 0.0332. The molecule has 0 aromatic heterocycles. The van der Waals surface area contributed by atoms with Gasteiger partial charge in [-0.25, -0.2) is 9.79 Å². The van der Waals surface area contributed by atoms with Crippen LogP contribution in [0.5, 0.6) is 0 Å². The van der Waals surface area contributed by atoms with Gasteiger partial charge in [0, 0.05) is 25.3 Å². The van der Waals surface area contributed by atoms with Gasteiger partial charge in [0.05, 0.1) is 11.3 Å². The van der Waals surface area contributed by atoms with Crippen LogP contribution in [0, 0.1) is 0 Å². The van der Waals surface area contributed by atoms with Gasteiger partial charge in [0.2, 0.25) is 11.8 Å². The number of hydrogen-bond donors (Lipinski definition) is 3. The van der Waals surface area contributed by atoms with E-state index in [2.05, 4.69) is 10.3 Å². The minimum atomic E-state index is -1.04. The molecule has 162 valence electrons. The number of para-hydroxylation sites is 1. The zero-order chi connectivity index (χ0) is 22.2. The molecule has 2 aromatic carbocycles. The van der Waals surface area contributed by atoms with E-state index in [0.29, 0.717) is 35.9 Å². The number of carboxylic acids is 1. The van der Waals surface area contributed by atoms with Crippen LogP contribution in [0.2, 0.25) is 0 Å². The molecule has 1 fully saturated rings. The lowest BCUT2D eigenvalue weighted by Gasteiger charge is -2.16. The Labute approximate surface area is 184 Å². The van der Waals surface area contributed by atoms with E-state index in [1.54, 1.807) is 4.90 Å². The maximum Gasteiger partial charge on any atom is 0.335 e. The highest BCUT2D eigenvalue weighted by Crippen LogP contribution is 2.32. The van der Waals surface area contributed by atoms with Gasteiger partial charge in [0.25, 0.3) is 0 Å². The molecule has 9 heteroatoms. The highest BCUT2D eigenvalue weighted by Gasteiger charge is 2.38. The number of unbranched alkanes of at least 4 members (excludes halogenated alkanes) is 1. The molecule has 31 heavy (non-hydrogen) atoms. The van der Waals surface area contributed by atoms with Gasteiger partial charge < -0.3 is 15.5 Å². The summed E-state index contributed by atoms with van der Waals surface area (Å²) in [4.78, 5) is 42.5. The monoisotopic (exact) mass is 441 g/mol. The molecule has 0 saturated carbocycles. The third-order valence-corrected chi connectivity index (χ3v) is 5.75. The maximum absolute atomic E-state index is 12.9. The molecule has 0 aliphatic carbocycles. The number of amidine groups is 1. The van der Waals surface area contributed by atoms with E-state index in [4.69, 9.17) is 10.2 Å². The summed E-state index contributed by atoms with van der Waals surface area (Å²) >= 11 is 1.25. The first-order valence-electron chi connectivity index (χ1n) is 9.84. The van der Waals surface area contributed by atoms with Crippen LogP contribution in [0.3, 0.4) is 0 Å². The number of amides is 2. The van der Waals surface area contributed by atoms with Gasteiger partial charge in [0.1, 0.15) is 5.25 Å². The normalized spacial score (nSPS) is 17.2. The number of anilines is 1. The van der Waals surface area contributed by atoms with E-state index < -0.39 is 11.2 Å². The number of aliphatic imine (C=N–C) groups is 1. The molecule has 1 unspecified atom stereocenters. The van der Waals surface area contributed by atoms with E-state index in [0.717, 1.165) is 0 Å². The second kappa shape index (κ2) is 10.7. The number of benzene rings is 2. The number of carbonyl (C=O) groups excluding carboxylic acids is 2. The molecule has 0 bridgehead atoms. The highest BCUT2D eigenvalue weighted by atomic mass is 32.2. The minimum Gasteiger partial charge on any atom is -0.478 e. The molecule has 2 amide bonds. The Morgan fingerprint density at radius 3 is 2.42 bits per heavy atom. The molecule has 1 aliphatic heterocycles. The summed E-state index contributed by atoms with van der Waals surface area (Å²) in [6, 6.07) is 15.1. The van der Waals surface area contributed by atoms with Crippen molar-refractivity contribution < 1.29 is 24.6 Å². The second-order valence-electron chi connectivity index (χ2n) is 6.89. The molecule has 3 rings (SSSR count). The number of aliphatic hydroxyl groups excluding tert-OH is 1. The lowest BCUT2D eigenvalue weighted by Crippen LogP contribution is -2.34. The number of carboxylic acid groups (broad SMARTS) is 1. The van der Waals surface area contributed by atoms with Crippen molar-refractivity contribution in [3.8, 4) is 0 Å². The average molecular weight is 442 g/mol. The lowest BCUT2D eigenvalue weighted by atomic mass is 10.2. The van der Waals surface area contributed by atoms with Gasteiger partial charge in [-0.1, -0.05) is 30.0 Å². The van der Waals surface area contributed by atoms with Crippen LogP contribution >= 0.6 is 11.8 Å². The summed E-state index contributed by atoms with van der Waals surface area (Å²) in [6.07, 6.45) is 1.17. The lowest BCUT2D eigenvalue weighted by molar-refractivity contribution is -0.128. The third-order valence-electron chi connectivity index (χ3n) is 4.58. The molecular formula is C22H23N3O5S. The smallest absolute Gasteiger partial charge is 0.335 e. The molecule has 1 atom stereocenters. The van der Waals surface area contributed by atoms with E-state index >= 15 is 0 Å². The average Bonchev–Trinajstić information content (AvgIpc) is 3.03. The third kappa shape index (κ3) is 6.16. The van der Waals surface area contributed by atoms with E-state index in [1.165, 1.54) is 36.0 Å². The zero-order valence-electron chi connectivity index (χ0n) is 16.7. The number of rotatable bonds is 9. The molecule has 1 heterocycles. The fraction of sp³-hybridized carbons (Fsp3) is 0.273. The van der Waals surface area contributed by atoms with Crippen molar-refractivity contribution >= 4 is 46.1 Å². The Hall–Kier alpha value is -3.17. The van der Waals surface area contributed by atoms with Gasteiger partial charge in [0.15, 0.2) is 5.17 Å². The maximum atomic E-state index is 12.9. The summed E-state index contributed by atoms with van der Waals surface area (Å²) < 4.78 is 0. The Bertz CT molecular complexity index is 963. The predicted molar refractivity (Wildman–Crippen MR) is 120 cm³/mol. The summed E-state index contributed by atoms with van der Waals surface area (Å²) in [5.41, 5.74) is 1.30. The molecular weight excluding hydrogens is 418 g/mol. The SMILES string of the molecule is O=C(CC1SC(=Nc2ccccc2)N(CCCCO)C1=O)Nc1ccc(C(=O)O)cc1. The van der Waals surface area contributed by atoms with Crippen molar-refractivity contribution in [2.24, 2.45) is 4.99 Å². The fourth-order valence-electron chi connectivity index (χ4n) is 3.00. The highest BCUT2D eigenvalue weighted by molar-refractivity contribution is 8.15. The zero-order valence-corrected chi connectivity index (χ0v) is 17.5. The van der Waals surface area contributed by atoms with Crippen molar-refractivity contribution in [3.63, 3.8) is 0 Å². The first-order chi connectivity index (χ1) is 15.0. The van der Waals surface area contributed by atoms with Gasteiger partial charge in [-0.05, 0) is 49.2 Å². The van der Waals surface area contributed by atoms with E-state index in [9.17, 15) is 14.4 Å². The van der Waals surface area contributed by atoms with E-state index in [-0.39, 0.29) is 30.4 Å². The number of hydrogen-bond acceptors (Lipinski definition) is 6. The molecule has 0 spiro atoms. The summed E-state index contributed by atoms with van der Waals surface area (Å²) in [6.45, 7) is 0.472. The summed E-state index contributed by atoms with van der Waals surface area (Å²) in [5, 5.41) is 20.6.